The first-order chi connectivity index (χ1) is 7.06. The molecule has 1 amide bonds. The molecule has 1 aromatic rings. The van der Waals surface area contributed by atoms with Crippen molar-refractivity contribution in [1.82, 2.24) is 4.90 Å². The predicted octanol–water partition coefficient (Wildman–Crippen LogP) is 1.99. The van der Waals surface area contributed by atoms with E-state index in [1.165, 1.54) is 0 Å². The molecule has 0 atom stereocenters. The first-order valence-corrected chi connectivity index (χ1v) is 6.16. The number of nitrogens with zero attached hydrogens (tertiary/aromatic N) is 1. The van der Waals surface area contributed by atoms with E-state index in [0.29, 0.717) is 18.7 Å². The van der Waals surface area contributed by atoms with E-state index in [0.717, 1.165) is 8.95 Å². The summed E-state index contributed by atoms with van der Waals surface area (Å²) in [7, 11) is 0. The minimum atomic E-state index is 0.0405. The standard InChI is InChI=1S/C10H10Br2N2O/c11-7-1-6(2-8(12)3-7)10(15)14-4-9(13)5-14/h1-3,9H,4-5,13H2. The summed E-state index contributed by atoms with van der Waals surface area (Å²) in [6.45, 7) is 1.31. The third-order valence-corrected chi connectivity index (χ3v) is 3.22. The zero-order valence-corrected chi connectivity index (χ0v) is 11.1. The number of nitrogens with two attached hydrogens (primary N) is 1. The monoisotopic (exact) mass is 332 g/mol. The van der Waals surface area contributed by atoms with E-state index >= 15 is 0 Å². The molecule has 80 valence electrons. The Balaban J connectivity index is 2.18. The number of carbonyl (C=O) groups excluding carboxylic acids is 1. The second-order valence-corrected chi connectivity index (χ2v) is 5.46. The second-order valence-electron chi connectivity index (χ2n) is 3.63. The largest absolute Gasteiger partial charge is 0.335 e. The number of carbonyl (C=O) groups is 1. The molecule has 0 spiro atoms. The number of hydrogen-bond donors (Lipinski definition) is 1. The lowest BCUT2D eigenvalue weighted by Gasteiger charge is -2.36. The van der Waals surface area contributed by atoms with Crippen LogP contribution in [0, 0.1) is 0 Å². The minimum absolute atomic E-state index is 0.0405. The van der Waals surface area contributed by atoms with Crippen LogP contribution >= 0.6 is 31.9 Å². The molecule has 1 fully saturated rings. The summed E-state index contributed by atoms with van der Waals surface area (Å²) >= 11 is 6.71. The van der Waals surface area contributed by atoms with Gasteiger partial charge >= 0.3 is 0 Å². The van der Waals surface area contributed by atoms with Gasteiger partial charge in [-0.2, -0.15) is 0 Å². The van der Waals surface area contributed by atoms with Gasteiger partial charge in [-0.3, -0.25) is 4.79 Å². The maximum atomic E-state index is 11.9. The highest BCUT2D eigenvalue weighted by Crippen LogP contribution is 2.22. The van der Waals surface area contributed by atoms with Crippen molar-refractivity contribution in [3.63, 3.8) is 0 Å². The normalized spacial score (nSPS) is 16.3. The Bertz CT molecular complexity index is 382. The smallest absolute Gasteiger partial charge is 0.254 e. The Morgan fingerprint density at radius 1 is 1.27 bits per heavy atom. The van der Waals surface area contributed by atoms with Crippen LogP contribution < -0.4 is 5.73 Å². The summed E-state index contributed by atoms with van der Waals surface area (Å²) in [5, 5.41) is 0. The van der Waals surface area contributed by atoms with Crippen LogP contribution in [0.1, 0.15) is 10.4 Å². The van der Waals surface area contributed by atoms with Crippen molar-refractivity contribution in [2.24, 2.45) is 5.73 Å². The first kappa shape index (κ1) is 11.1. The molecule has 1 saturated heterocycles. The Morgan fingerprint density at radius 3 is 2.27 bits per heavy atom. The molecule has 0 aromatic heterocycles. The third-order valence-electron chi connectivity index (χ3n) is 2.31. The fourth-order valence-electron chi connectivity index (χ4n) is 1.54. The number of hydrogen-bond acceptors (Lipinski definition) is 2. The molecular weight excluding hydrogens is 324 g/mol. The molecule has 0 aliphatic carbocycles. The SMILES string of the molecule is NC1CN(C(=O)c2cc(Br)cc(Br)c2)C1. The molecule has 5 heteroatoms. The quantitative estimate of drug-likeness (QED) is 0.854. The van der Waals surface area contributed by atoms with Crippen LogP contribution in [-0.4, -0.2) is 29.9 Å². The van der Waals surface area contributed by atoms with Gasteiger partial charge in [0.1, 0.15) is 0 Å². The summed E-state index contributed by atoms with van der Waals surface area (Å²) in [6.07, 6.45) is 0. The van der Waals surface area contributed by atoms with E-state index < -0.39 is 0 Å². The molecule has 1 aliphatic heterocycles. The van der Waals surface area contributed by atoms with Gasteiger partial charge in [0, 0.05) is 33.6 Å². The first-order valence-electron chi connectivity index (χ1n) is 4.57. The molecule has 1 heterocycles. The van der Waals surface area contributed by atoms with Gasteiger partial charge in [0.05, 0.1) is 0 Å². The zero-order chi connectivity index (χ0) is 11.0. The van der Waals surface area contributed by atoms with Gasteiger partial charge in [-0.25, -0.2) is 0 Å². The summed E-state index contributed by atoms with van der Waals surface area (Å²) in [5.41, 5.74) is 6.32. The maximum Gasteiger partial charge on any atom is 0.254 e. The van der Waals surface area contributed by atoms with Gasteiger partial charge in [0.15, 0.2) is 0 Å². The number of amides is 1. The van der Waals surface area contributed by atoms with Crippen LogP contribution in [0.3, 0.4) is 0 Å². The Morgan fingerprint density at radius 2 is 1.80 bits per heavy atom. The highest BCUT2D eigenvalue weighted by Gasteiger charge is 2.28. The lowest BCUT2D eigenvalue weighted by atomic mass is 10.1. The lowest BCUT2D eigenvalue weighted by Crippen LogP contribution is -2.57. The molecule has 15 heavy (non-hydrogen) atoms. The average Bonchev–Trinajstić information content (AvgIpc) is 2.10. The predicted molar refractivity (Wildman–Crippen MR) is 65.7 cm³/mol. The van der Waals surface area contributed by atoms with Crippen LogP contribution in [-0.2, 0) is 0 Å². The molecule has 0 unspecified atom stereocenters. The third kappa shape index (κ3) is 2.41. The van der Waals surface area contributed by atoms with E-state index in [2.05, 4.69) is 31.9 Å². The molecule has 0 bridgehead atoms. The molecule has 2 N–H and O–H groups in total. The molecule has 1 aromatic carbocycles. The highest BCUT2D eigenvalue weighted by atomic mass is 79.9. The van der Waals surface area contributed by atoms with Crippen LogP contribution in [0.15, 0.2) is 27.1 Å². The van der Waals surface area contributed by atoms with Crippen molar-refractivity contribution < 1.29 is 4.79 Å². The number of rotatable bonds is 1. The van der Waals surface area contributed by atoms with Gasteiger partial charge in [0.2, 0.25) is 0 Å². The van der Waals surface area contributed by atoms with E-state index in [1.807, 2.05) is 18.2 Å². The van der Waals surface area contributed by atoms with Gasteiger partial charge < -0.3 is 10.6 Å². The van der Waals surface area contributed by atoms with Crippen molar-refractivity contribution in [2.75, 3.05) is 13.1 Å². The molecule has 3 nitrogen and oxygen atoms in total. The Hall–Kier alpha value is -0.390. The van der Waals surface area contributed by atoms with Crippen molar-refractivity contribution in [3.8, 4) is 0 Å². The van der Waals surface area contributed by atoms with Gasteiger partial charge in [-0.1, -0.05) is 31.9 Å². The second kappa shape index (κ2) is 4.23. The van der Waals surface area contributed by atoms with Crippen molar-refractivity contribution in [1.29, 1.82) is 0 Å². The number of halogens is 2. The van der Waals surface area contributed by atoms with E-state index in [1.54, 1.807) is 4.90 Å². The van der Waals surface area contributed by atoms with Crippen molar-refractivity contribution >= 4 is 37.8 Å². The summed E-state index contributed by atoms with van der Waals surface area (Å²) in [4.78, 5) is 13.7. The highest BCUT2D eigenvalue weighted by molar-refractivity contribution is 9.11. The topological polar surface area (TPSA) is 46.3 Å². The summed E-state index contributed by atoms with van der Waals surface area (Å²) in [5.74, 6) is 0.0405. The molecular formula is C10H10Br2N2O. The van der Waals surface area contributed by atoms with Gasteiger partial charge in [-0.15, -0.1) is 0 Å². The maximum absolute atomic E-state index is 11.9. The lowest BCUT2D eigenvalue weighted by molar-refractivity contribution is 0.0608. The van der Waals surface area contributed by atoms with Crippen molar-refractivity contribution in [3.05, 3.63) is 32.7 Å². The molecule has 0 saturated carbocycles. The fourth-order valence-corrected chi connectivity index (χ4v) is 2.83. The Kier molecular flexibility index (Phi) is 3.13. The average molecular weight is 334 g/mol. The van der Waals surface area contributed by atoms with E-state index in [9.17, 15) is 4.79 Å². The van der Waals surface area contributed by atoms with Gasteiger partial charge in [0.25, 0.3) is 5.91 Å². The fraction of sp³-hybridized carbons (Fsp3) is 0.300. The molecule has 0 radical (unpaired) electrons. The van der Waals surface area contributed by atoms with Crippen LogP contribution in [0.4, 0.5) is 0 Å². The number of likely N-dealkylation sites (tertiary alicyclic amines) is 1. The summed E-state index contributed by atoms with van der Waals surface area (Å²) in [6, 6.07) is 5.68. The Labute approximate surface area is 105 Å². The summed E-state index contributed by atoms with van der Waals surface area (Å²) < 4.78 is 1.79. The van der Waals surface area contributed by atoms with E-state index in [4.69, 9.17) is 5.73 Å². The van der Waals surface area contributed by atoms with E-state index in [-0.39, 0.29) is 11.9 Å². The zero-order valence-electron chi connectivity index (χ0n) is 7.91. The van der Waals surface area contributed by atoms with Crippen LogP contribution in [0.5, 0.6) is 0 Å². The molecule has 1 aliphatic rings. The molecule has 2 rings (SSSR count). The van der Waals surface area contributed by atoms with Crippen LogP contribution in [0.25, 0.3) is 0 Å². The number of benzene rings is 1. The minimum Gasteiger partial charge on any atom is -0.335 e. The van der Waals surface area contributed by atoms with Gasteiger partial charge in [-0.05, 0) is 18.2 Å². The van der Waals surface area contributed by atoms with Crippen LogP contribution in [0.2, 0.25) is 0 Å². The van der Waals surface area contributed by atoms with Crippen molar-refractivity contribution in [2.45, 2.75) is 6.04 Å².